The number of nitrogens with one attached hydrogen (secondary N) is 2. The number of carbonyl (C=O) groups excluding carboxylic acids is 1. The molecular formula is C15H22N2O. The lowest BCUT2D eigenvalue weighted by Crippen LogP contribution is -2.46. The number of hydrogen-bond donors (Lipinski definition) is 2. The lowest BCUT2D eigenvalue weighted by atomic mass is 9.99. The quantitative estimate of drug-likeness (QED) is 0.807. The molecule has 0 atom stereocenters. The molecule has 0 aliphatic heterocycles. The van der Waals surface area contributed by atoms with E-state index in [9.17, 15) is 4.79 Å². The largest absolute Gasteiger partial charge is 0.351 e. The molecule has 1 saturated carbocycles. The highest BCUT2D eigenvalue weighted by Gasteiger charge is 2.37. The van der Waals surface area contributed by atoms with Gasteiger partial charge in [-0.25, -0.2) is 0 Å². The zero-order chi connectivity index (χ0) is 13.0. The van der Waals surface area contributed by atoms with Gasteiger partial charge in [-0.2, -0.15) is 0 Å². The number of benzene rings is 1. The van der Waals surface area contributed by atoms with Crippen molar-refractivity contribution >= 4 is 5.91 Å². The molecule has 2 rings (SSSR count). The first-order chi connectivity index (χ1) is 8.58. The van der Waals surface area contributed by atoms with Gasteiger partial charge < -0.3 is 10.6 Å². The zero-order valence-electron chi connectivity index (χ0n) is 11.2. The average molecular weight is 246 g/mol. The molecule has 1 aliphatic rings. The maximum Gasteiger partial charge on any atom is 0.234 e. The minimum atomic E-state index is 0.0626. The molecule has 1 aromatic carbocycles. The molecule has 0 unspecified atom stereocenters. The Balaban J connectivity index is 1.69. The van der Waals surface area contributed by atoms with Crippen LogP contribution in [0.5, 0.6) is 0 Å². The van der Waals surface area contributed by atoms with Gasteiger partial charge in [0.1, 0.15) is 0 Å². The molecule has 0 saturated heterocycles. The van der Waals surface area contributed by atoms with Crippen molar-refractivity contribution in [3.8, 4) is 0 Å². The van der Waals surface area contributed by atoms with E-state index in [1.807, 2.05) is 30.3 Å². The number of carbonyl (C=O) groups is 1. The SMILES string of the molecule is CC(C)(NCC(=O)NCc1ccccc1)C1CC1. The van der Waals surface area contributed by atoms with E-state index in [2.05, 4.69) is 24.5 Å². The first-order valence-electron chi connectivity index (χ1n) is 6.63. The lowest BCUT2D eigenvalue weighted by molar-refractivity contribution is -0.120. The molecular weight excluding hydrogens is 224 g/mol. The van der Waals surface area contributed by atoms with Crippen LogP contribution in [0.25, 0.3) is 0 Å². The van der Waals surface area contributed by atoms with Gasteiger partial charge in [0.15, 0.2) is 0 Å². The summed E-state index contributed by atoms with van der Waals surface area (Å²) in [5.41, 5.74) is 1.22. The van der Waals surface area contributed by atoms with Crippen molar-refractivity contribution in [3.05, 3.63) is 35.9 Å². The average Bonchev–Trinajstić information content (AvgIpc) is 3.20. The van der Waals surface area contributed by atoms with Gasteiger partial charge in [0.05, 0.1) is 6.54 Å². The molecule has 1 aliphatic carbocycles. The van der Waals surface area contributed by atoms with Gasteiger partial charge in [0.25, 0.3) is 0 Å². The molecule has 0 radical (unpaired) electrons. The number of amides is 1. The van der Waals surface area contributed by atoms with E-state index in [1.54, 1.807) is 0 Å². The third kappa shape index (κ3) is 3.84. The molecule has 1 amide bonds. The van der Waals surface area contributed by atoms with Crippen molar-refractivity contribution in [1.82, 2.24) is 10.6 Å². The van der Waals surface area contributed by atoms with Crippen molar-refractivity contribution in [2.75, 3.05) is 6.54 Å². The highest BCUT2D eigenvalue weighted by molar-refractivity contribution is 5.78. The summed E-state index contributed by atoms with van der Waals surface area (Å²) >= 11 is 0. The van der Waals surface area contributed by atoms with E-state index >= 15 is 0 Å². The Bertz CT molecular complexity index is 396. The summed E-state index contributed by atoms with van der Waals surface area (Å²) in [6, 6.07) is 9.97. The summed E-state index contributed by atoms with van der Waals surface area (Å²) < 4.78 is 0. The fraction of sp³-hybridized carbons (Fsp3) is 0.533. The topological polar surface area (TPSA) is 41.1 Å². The van der Waals surface area contributed by atoms with Gasteiger partial charge in [-0.05, 0) is 38.2 Å². The van der Waals surface area contributed by atoms with Gasteiger partial charge in [-0.3, -0.25) is 4.79 Å². The molecule has 0 bridgehead atoms. The molecule has 18 heavy (non-hydrogen) atoms. The molecule has 0 heterocycles. The molecule has 98 valence electrons. The Kier molecular flexibility index (Phi) is 4.02. The number of hydrogen-bond acceptors (Lipinski definition) is 2. The Morgan fingerprint density at radius 2 is 1.94 bits per heavy atom. The van der Waals surface area contributed by atoms with Crippen LogP contribution in [0, 0.1) is 5.92 Å². The molecule has 1 aromatic rings. The van der Waals surface area contributed by atoms with Crippen molar-refractivity contribution in [3.63, 3.8) is 0 Å². The zero-order valence-corrected chi connectivity index (χ0v) is 11.2. The van der Waals surface area contributed by atoms with E-state index in [4.69, 9.17) is 0 Å². The van der Waals surface area contributed by atoms with Crippen molar-refractivity contribution in [2.45, 2.75) is 38.8 Å². The maximum absolute atomic E-state index is 11.7. The minimum Gasteiger partial charge on any atom is -0.351 e. The van der Waals surface area contributed by atoms with Gasteiger partial charge in [0.2, 0.25) is 5.91 Å². The first-order valence-corrected chi connectivity index (χ1v) is 6.63. The van der Waals surface area contributed by atoms with Crippen molar-refractivity contribution in [2.24, 2.45) is 5.92 Å². The van der Waals surface area contributed by atoms with Gasteiger partial charge in [-0.1, -0.05) is 30.3 Å². The van der Waals surface area contributed by atoms with Crippen molar-refractivity contribution < 1.29 is 4.79 Å². The Hall–Kier alpha value is -1.35. The van der Waals surface area contributed by atoms with Crippen LogP contribution in [-0.4, -0.2) is 18.0 Å². The fourth-order valence-corrected chi connectivity index (χ4v) is 2.12. The Morgan fingerprint density at radius 3 is 2.56 bits per heavy atom. The Labute approximate surface area is 109 Å². The predicted octanol–water partition coefficient (Wildman–Crippen LogP) is 2.08. The van der Waals surface area contributed by atoms with Crippen LogP contribution < -0.4 is 10.6 Å². The smallest absolute Gasteiger partial charge is 0.234 e. The number of rotatable bonds is 6. The van der Waals surface area contributed by atoms with E-state index in [0.29, 0.717) is 13.1 Å². The lowest BCUT2D eigenvalue weighted by Gasteiger charge is -2.25. The second-order valence-electron chi connectivity index (χ2n) is 5.61. The summed E-state index contributed by atoms with van der Waals surface area (Å²) in [5.74, 6) is 0.798. The van der Waals surface area contributed by atoms with Crippen LogP contribution >= 0.6 is 0 Å². The summed E-state index contributed by atoms with van der Waals surface area (Å²) in [6.07, 6.45) is 2.57. The standard InChI is InChI=1S/C15H22N2O/c1-15(2,13-8-9-13)17-11-14(18)16-10-12-6-4-3-5-7-12/h3-7,13,17H,8-11H2,1-2H3,(H,16,18). The summed E-state index contributed by atoms with van der Waals surface area (Å²) in [4.78, 5) is 11.7. The monoisotopic (exact) mass is 246 g/mol. The van der Waals surface area contributed by atoms with Crippen LogP contribution in [0.4, 0.5) is 0 Å². The fourth-order valence-electron chi connectivity index (χ4n) is 2.12. The van der Waals surface area contributed by atoms with Crippen LogP contribution in [-0.2, 0) is 11.3 Å². The van der Waals surface area contributed by atoms with Crippen LogP contribution in [0.3, 0.4) is 0 Å². The third-order valence-corrected chi connectivity index (χ3v) is 3.64. The van der Waals surface area contributed by atoms with Crippen LogP contribution in [0.2, 0.25) is 0 Å². The first kappa shape index (κ1) is 13.1. The van der Waals surface area contributed by atoms with E-state index < -0.39 is 0 Å². The summed E-state index contributed by atoms with van der Waals surface area (Å²) in [6.45, 7) is 5.35. The Morgan fingerprint density at radius 1 is 1.28 bits per heavy atom. The van der Waals surface area contributed by atoms with E-state index in [1.165, 1.54) is 12.8 Å². The third-order valence-electron chi connectivity index (χ3n) is 3.64. The molecule has 0 aromatic heterocycles. The summed E-state index contributed by atoms with van der Waals surface area (Å²) in [7, 11) is 0. The molecule has 0 spiro atoms. The second kappa shape index (κ2) is 5.53. The van der Waals surface area contributed by atoms with E-state index in [-0.39, 0.29) is 11.4 Å². The normalized spacial score (nSPS) is 15.4. The molecule has 3 nitrogen and oxygen atoms in total. The van der Waals surface area contributed by atoms with Gasteiger partial charge in [0, 0.05) is 12.1 Å². The van der Waals surface area contributed by atoms with Gasteiger partial charge in [-0.15, -0.1) is 0 Å². The van der Waals surface area contributed by atoms with Crippen molar-refractivity contribution in [1.29, 1.82) is 0 Å². The molecule has 2 N–H and O–H groups in total. The van der Waals surface area contributed by atoms with E-state index in [0.717, 1.165) is 11.5 Å². The summed E-state index contributed by atoms with van der Waals surface area (Å²) in [5, 5.41) is 6.27. The van der Waals surface area contributed by atoms with Gasteiger partial charge >= 0.3 is 0 Å². The minimum absolute atomic E-state index is 0.0626. The predicted molar refractivity (Wildman–Crippen MR) is 73.1 cm³/mol. The van der Waals surface area contributed by atoms with Crippen LogP contribution in [0.1, 0.15) is 32.3 Å². The molecule has 1 fully saturated rings. The maximum atomic E-state index is 11.7. The highest BCUT2D eigenvalue weighted by atomic mass is 16.1. The molecule has 3 heteroatoms. The highest BCUT2D eigenvalue weighted by Crippen LogP contribution is 2.38. The van der Waals surface area contributed by atoms with Crippen LogP contribution in [0.15, 0.2) is 30.3 Å². The second-order valence-corrected chi connectivity index (χ2v) is 5.61.